The first-order valence-electron chi connectivity index (χ1n) is 9.07. The number of fused-ring (bicyclic) bond motifs is 1. The number of nitrogens with zero attached hydrogens (tertiary/aromatic N) is 2. The van der Waals surface area contributed by atoms with E-state index >= 15 is 0 Å². The van der Waals surface area contributed by atoms with Gasteiger partial charge >= 0.3 is 0 Å². The fourth-order valence-electron chi connectivity index (χ4n) is 3.43. The topological polar surface area (TPSA) is 54.0 Å². The van der Waals surface area contributed by atoms with Crippen LogP contribution in [0.5, 0.6) is 11.5 Å². The van der Waals surface area contributed by atoms with E-state index in [1.165, 1.54) is 0 Å². The van der Waals surface area contributed by atoms with E-state index in [9.17, 15) is 4.79 Å². The van der Waals surface area contributed by atoms with Gasteiger partial charge in [0.1, 0.15) is 18.1 Å². The highest BCUT2D eigenvalue weighted by molar-refractivity contribution is 5.79. The molecule has 2 heterocycles. The molecule has 1 N–H and O–H groups in total. The van der Waals surface area contributed by atoms with Crippen molar-refractivity contribution in [1.82, 2.24) is 15.1 Å². The smallest absolute Gasteiger partial charge is 0.226 e. The Balaban J connectivity index is 1.48. The van der Waals surface area contributed by atoms with Gasteiger partial charge in [0.2, 0.25) is 5.91 Å². The molecule has 6 nitrogen and oxygen atoms in total. The van der Waals surface area contributed by atoms with Gasteiger partial charge in [-0.1, -0.05) is 6.07 Å². The molecule has 2 unspecified atom stereocenters. The van der Waals surface area contributed by atoms with Crippen LogP contribution in [-0.4, -0.2) is 75.2 Å². The highest BCUT2D eigenvalue weighted by Crippen LogP contribution is 2.31. The Labute approximate surface area is 150 Å². The average Bonchev–Trinajstić information content (AvgIpc) is 2.65. The Bertz CT molecular complexity index is 600. The number of hydrogen-bond donors (Lipinski definition) is 1. The van der Waals surface area contributed by atoms with Crippen molar-refractivity contribution < 1.29 is 14.3 Å². The van der Waals surface area contributed by atoms with Gasteiger partial charge in [0.05, 0.1) is 13.0 Å². The number of carbonyl (C=O) groups excluding carboxylic acids is 1. The summed E-state index contributed by atoms with van der Waals surface area (Å²) in [5.74, 6) is 1.57. The first kappa shape index (κ1) is 18.0. The van der Waals surface area contributed by atoms with E-state index in [2.05, 4.69) is 29.1 Å². The fraction of sp³-hybridized carbons (Fsp3) is 0.632. The summed E-state index contributed by atoms with van der Waals surface area (Å²) >= 11 is 0. The van der Waals surface area contributed by atoms with E-state index in [-0.39, 0.29) is 11.8 Å². The van der Waals surface area contributed by atoms with Gasteiger partial charge in [-0.2, -0.15) is 0 Å². The van der Waals surface area contributed by atoms with Crippen molar-refractivity contribution in [2.75, 3.05) is 53.5 Å². The highest BCUT2D eigenvalue weighted by atomic mass is 16.5. The largest absolute Gasteiger partial charge is 0.497 e. The predicted octanol–water partition coefficient (Wildman–Crippen LogP) is 0.998. The lowest BCUT2D eigenvalue weighted by Gasteiger charge is -2.36. The zero-order valence-corrected chi connectivity index (χ0v) is 15.5. The summed E-state index contributed by atoms with van der Waals surface area (Å²) in [6.45, 7) is 7.61. The van der Waals surface area contributed by atoms with Crippen LogP contribution in [0.25, 0.3) is 0 Å². The Kier molecular flexibility index (Phi) is 5.81. The summed E-state index contributed by atoms with van der Waals surface area (Å²) in [6, 6.07) is 6.15. The van der Waals surface area contributed by atoms with Crippen LogP contribution in [0.2, 0.25) is 0 Å². The zero-order valence-electron chi connectivity index (χ0n) is 15.5. The van der Waals surface area contributed by atoms with Crippen LogP contribution in [-0.2, 0) is 11.2 Å². The second kappa shape index (κ2) is 8.06. The van der Waals surface area contributed by atoms with Crippen LogP contribution in [0.15, 0.2) is 18.2 Å². The number of amides is 1. The Hall–Kier alpha value is -1.79. The predicted molar refractivity (Wildman–Crippen MR) is 97.2 cm³/mol. The summed E-state index contributed by atoms with van der Waals surface area (Å²) in [7, 11) is 3.79. The standard InChI is InChI=1S/C19H29N3O3/c1-14(22-8-6-21(2)7-9-22)12-20-19(23)16-10-15-4-5-17(24-3)11-18(15)25-13-16/h4-5,11,14,16H,6-10,12-13H2,1-3H3,(H,20,23). The molecule has 1 fully saturated rings. The van der Waals surface area contributed by atoms with Gasteiger partial charge < -0.3 is 19.7 Å². The van der Waals surface area contributed by atoms with Gasteiger partial charge in [-0.3, -0.25) is 9.69 Å². The molecule has 25 heavy (non-hydrogen) atoms. The molecule has 1 saturated heterocycles. The number of hydrogen-bond acceptors (Lipinski definition) is 5. The third kappa shape index (κ3) is 4.44. The van der Waals surface area contributed by atoms with Gasteiger partial charge in [0.25, 0.3) is 0 Å². The normalized spacial score (nSPS) is 22.6. The molecule has 1 amide bonds. The first-order valence-corrected chi connectivity index (χ1v) is 9.07. The molecule has 0 spiro atoms. The van der Waals surface area contributed by atoms with E-state index in [0.717, 1.165) is 43.2 Å². The van der Waals surface area contributed by atoms with Crippen LogP contribution >= 0.6 is 0 Å². The van der Waals surface area contributed by atoms with E-state index in [1.807, 2.05) is 18.2 Å². The van der Waals surface area contributed by atoms with Crippen LogP contribution in [0.4, 0.5) is 0 Å². The summed E-state index contributed by atoms with van der Waals surface area (Å²) in [4.78, 5) is 17.3. The van der Waals surface area contributed by atoms with Crippen molar-refractivity contribution >= 4 is 5.91 Å². The average molecular weight is 347 g/mol. The molecule has 6 heteroatoms. The van der Waals surface area contributed by atoms with Crippen molar-refractivity contribution in [3.8, 4) is 11.5 Å². The van der Waals surface area contributed by atoms with Gasteiger partial charge in [0.15, 0.2) is 0 Å². The molecule has 1 aromatic carbocycles. The van der Waals surface area contributed by atoms with Gasteiger partial charge in [0, 0.05) is 44.8 Å². The number of methoxy groups -OCH3 is 1. The van der Waals surface area contributed by atoms with Crippen molar-refractivity contribution in [1.29, 1.82) is 0 Å². The van der Waals surface area contributed by atoms with E-state index < -0.39 is 0 Å². The number of rotatable bonds is 5. The summed E-state index contributed by atoms with van der Waals surface area (Å²) in [5, 5.41) is 3.12. The molecule has 1 aromatic rings. The molecule has 0 saturated carbocycles. The second-order valence-corrected chi connectivity index (χ2v) is 7.12. The lowest BCUT2D eigenvalue weighted by molar-refractivity contribution is -0.126. The van der Waals surface area contributed by atoms with Crippen LogP contribution < -0.4 is 14.8 Å². The number of carbonyl (C=O) groups is 1. The molecule has 138 valence electrons. The molecule has 0 aliphatic carbocycles. The number of benzene rings is 1. The lowest BCUT2D eigenvalue weighted by atomic mass is 9.96. The monoisotopic (exact) mass is 347 g/mol. The maximum Gasteiger partial charge on any atom is 0.226 e. The number of ether oxygens (including phenoxy) is 2. The molecule has 2 aliphatic heterocycles. The summed E-state index contributed by atoms with van der Waals surface area (Å²) < 4.78 is 11.0. The van der Waals surface area contributed by atoms with E-state index in [1.54, 1.807) is 7.11 Å². The molecule has 0 bridgehead atoms. The van der Waals surface area contributed by atoms with Crippen molar-refractivity contribution in [3.05, 3.63) is 23.8 Å². The van der Waals surface area contributed by atoms with E-state index in [4.69, 9.17) is 9.47 Å². The maximum absolute atomic E-state index is 12.5. The summed E-state index contributed by atoms with van der Waals surface area (Å²) in [6.07, 6.45) is 0.716. The summed E-state index contributed by atoms with van der Waals surface area (Å²) in [5.41, 5.74) is 1.07. The first-order chi connectivity index (χ1) is 12.1. The molecule has 2 aliphatic rings. The third-order valence-electron chi connectivity index (χ3n) is 5.28. The molecule has 2 atom stereocenters. The molecule has 0 aromatic heterocycles. The maximum atomic E-state index is 12.5. The number of piperazine rings is 1. The SMILES string of the molecule is COc1ccc2c(c1)OCC(C(=O)NCC(C)N1CCN(C)CC1)C2. The Morgan fingerprint density at radius 1 is 1.36 bits per heavy atom. The van der Waals surface area contributed by atoms with Crippen LogP contribution in [0, 0.1) is 5.92 Å². The van der Waals surface area contributed by atoms with Gasteiger partial charge in [-0.05, 0) is 32.0 Å². The quantitative estimate of drug-likeness (QED) is 0.861. The molecular formula is C19H29N3O3. The fourth-order valence-corrected chi connectivity index (χ4v) is 3.43. The highest BCUT2D eigenvalue weighted by Gasteiger charge is 2.27. The van der Waals surface area contributed by atoms with Gasteiger partial charge in [-0.25, -0.2) is 0 Å². The lowest BCUT2D eigenvalue weighted by Crippen LogP contribution is -2.52. The van der Waals surface area contributed by atoms with Crippen molar-refractivity contribution in [3.63, 3.8) is 0 Å². The van der Waals surface area contributed by atoms with Crippen LogP contribution in [0.1, 0.15) is 12.5 Å². The van der Waals surface area contributed by atoms with Crippen molar-refractivity contribution in [2.45, 2.75) is 19.4 Å². The molecule has 0 radical (unpaired) electrons. The number of likely N-dealkylation sites (N-methyl/N-ethyl adjacent to an activating group) is 1. The minimum Gasteiger partial charge on any atom is -0.497 e. The van der Waals surface area contributed by atoms with E-state index in [0.29, 0.717) is 25.6 Å². The minimum atomic E-state index is -0.124. The Morgan fingerprint density at radius 2 is 2.12 bits per heavy atom. The number of nitrogens with one attached hydrogen (secondary N) is 1. The molecular weight excluding hydrogens is 318 g/mol. The zero-order chi connectivity index (χ0) is 17.8. The van der Waals surface area contributed by atoms with Crippen molar-refractivity contribution in [2.24, 2.45) is 5.92 Å². The molecule has 3 rings (SSSR count). The third-order valence-corrected chi connectivity index (χ3v) is 5.28. The van der Waals surface area contributed by atoms with Crippen LogP contribution in [0.3, 0.4) is 0 Å². The second-order valence-electron chi connectivity index (χ2n) is 7.12. The Morgan fingerprint density at radius 3 is 2.84 bits per heavy atom. The minimum absolute atomic E-state index is 0.0856. The van der Waals surface area contributed by atoms with Gasteiger partial charge in [-0.15, -0.1) is 0 Å².